The maximum atomic E-state index is 11.3. The Morgan fingerprint density at radius 2 is 1.48 bits per heavy atom. The van der Waals surface area contributed by atoms with Crippen LogP contribution < -0.4 is 0 Å². The van der Waals surface area contributed by atoms with Crippen molar-refractivity contribution >= 4 is 27.9 Å². The lowest BCUT2D eigenvalue weighted by Gasteiger charge is -2.18. The quantitative estimate of drug-likeness (QED) is 0.373. The average molecular weight is 417 g/mol. The van der Waals surface area contributed by atoms with Gasteiger partial charge in [0.05, 0.1) is 29.9 Å². The number of hydrogen-bond donors (Lipinski definition) is 0. The normalized spacial score (nSPS) is 8.88. The molecule has 25 heavy (non-hydrogen) atoms. The van der Waals surface area contributed by atoms with E-state index in [1.54, 1.807) is 20.8 Å². The van der Waals surface area contributed by atoms with Crippen molar-refractivity contribution in [3.63, 3.8) is 0 Å². The molecule has 0 aromatic carbocycles. The molecule has 0 bridgehead atoms. The molecule has 144 valence electrons. The number of carbonyl (C=O) groups is 2. The lowest BCUT2D eigenvalue weighted by atomic mass is 9.90. The van der Waals surface area contributed by atoms with Crippen molar-refractivity contribution in [3.05, 3.63) is 0 Å². The molecule has 0 aromatic heterocycles. The van der Waals surface area contributed by atoms with Crippen molar-refractivity contribution in [2.24, 2.45) is 11.3 Å². The fraction of sp³-hybridized carbons (Fsp3) is 0.700. The molecule has 0 rings (SSSR count). The van der Waals surface area contributed by atoms with Crippen LogP contribution in [0.3, 0.4) is 0 Å². The molecular formula is C20H33BrO4. The molecule has 5 heteroatoms. The van der Waals surface area contributed by atoms with Gasteiger partial charge >= 0.3 is 11.9 Å². The Labute approximate surface area is 162 Å². The predicted molar refractivity (Wildman–Crippen MR) is 107 cm³/mol. The zero-order valence-electron chi connectivity index (χ0n) is 16.9. The van der Waals surface area contributed by atoms with Crippen LogP contribution in [-0.4, -0.2) is 30.5 Å². The molecule has 0 spiro atoms. The van der Waals surface area contributed by atoms with Crippen molar-refractivity contribution in [3.8, 4) is 23.7 Å². The summed E-state index contributed by atoms with van der Waals surface area (Å²) >= 11 is 3.14. The molecule has 0 N–H and O–H groups in total. The van der Waals surface area contributed by atoms with Gasteiger partial charge in [-0.05, 0) is 41.5 Å². The number of esters is 2. The van der Waals surface area contributed by atoms with Crippen LogP contribution in [-0.2, 0) is 19.1 Å². The number of carbonyl (C=O) groups excluding carboxylic acids is 2. The maximum absolute atomic E-state index is 11.3. The van der Waals surface area contributed by atoms with Gasteiger partial charge in [-0.15, -0.1) is 17.8 Å². The Kier molecular flexibility index (Phi) is 21.4. The van der Waals surface area contributed by atoms with E-state index in [9.17, 15) is 9.59 Å². The van der Waals surface area contributed by atoms with E-state index in [1.807, 2.05) is 34.6 Å². The number of hydrogen-bond acceptors (Lipinski definition) is 4. The molecule has 0 saturated carbocycles. The van der Waals surface area contributed by atoms with E-state index in [2.05, 4.69) is 44.3 Å². The fourth-order valence-corrected chi connectivity index (χ4v) is 1.36. The Morgan fingerprint density at radius 1 is 1.00 bits per heavy atom. The minimum absolute atomic E-state index is 0.00921. The van der Waals surface area contributed by atoms with Gasteiger partial charge in [0.15, 0.2) is 0 Å². The minimum Gasteiger partial charge on any atom is -0.466 e. The molecule has 0 unspecified atom stereocenters. The summed E-state index contributed by atoms with van der Waals surface area (Å²) < 4.78 is 9.56. The first kappa shape index (κ1) is 28.3. The van der Waals surface area contributed by atoms with E-state index in [4.69, 9.17) is 4.74 Å². The topological polar surface area (TPSA) is 52.6 Å². The Hall–Kier alpha value is -1.46. The number of halogens is 1. The van der Waals surface area contributed by atoms with Crippen LogP contribution in [0.1, 0.15) is 61.8 Å². The molecule has 0 fully saturated rings. The van der Waals surface area contributed by atoms with Crippen LogP contribution >= 0.6 is 15.9 Å². The SMILES string of the molecule is CC#CCBr.CC#CCC(C)(C)C(=O)OCC.CCOC(=O)C(C)C. The average Bonchev–Trinajstić information content (AvgIpc) is 2.55. The summed E-state index contributed by atoms with van der Waals surface area (Å²) in [4.78, 5) is 21.8. The largest absolute Gasteiger partial charge is 0.466 e. The highest BCUT2D eigenvalue weighted by molar-refractivity contribution is 9.09. The van der Waals surface area contributed by atoms with Gasteiger partial charge in [0, 0.05) is 6.42 Å². The van der Waals surface area contributed by atoms with Crippen LogP contribution in [0.15, 0.2) is 0 Å². The van der Waals surface area contributed by atoms with Gasteiger partial charge in [-0.2, -0.15) is 0 Å². The first-order valence-electron chi connectivity index (χ1n) is 8.33. The lowest BCUT2D eigenvalue weighted by Crippen LogP contribution is -2.26. The molecule has 0 saturated heterocycles. The number of rotatable bonds is 5. The Morgan fingerprint density at radius 3 is 1.72 bits per heavy atom. The number of alkyl halides is 1. The summed E-state index contributed by atoms with van der Waals surface area (Å²) in [6.07, 6.45) is 0.558. The Balaban J connectivity index is -0.000000321. The van der Waals surface area contributed by atoms with Crippen LogP contribution in [0.2, 0.25) is 0 Å². The summed E-state index contributed by atoms with van der Waals surface area (Å²) in [5.41, 5.74) is -0.473. The van der Waals surface area contributed by atoms with Gasteiger partial charge in [0.25, 0.3) is 0 Å². The third kappa shape index (κ3) is 20.5. The first-order chi connectivity index (χ1) is 11.6. The van der Waals surface area contributed by atoms with Crippen molar-refractivity contribution < 1.29 is 19.1 Å². The first-order valence-corrected chi connectivity index (χ1v) is 9.45. The molecule has 0 aromatic rings. The zero-order chi connectivity index (χ0) is 20.3. The zero-order valence-corrected chi connectivity index (χ0v) is 18.5. The summed E-state index contributed by atoms with van der Waals surface area (Å²) in [7, 11) is 0. The lowest BCUT2D eigenvalue weighted by molar-refractivity contribution is -0.153. The second-order valence-electron chi connectivity index (χ2n) is 5.68. The van der Waals surface area contributed by atoms with Crippen molar-refractivity contribution in [1.29, 1.82) is 0 Å². The molecule has 0 atom stereocenters. The van der Waals surface area contributed by atoms with Crippen LogP contribution in [0.5, 0.6) is 0 Å². The van der Waals surface area contributed by atoms with Gasteiger partial charge in [0.2, 0.25) is 0 Å². The predicted octanol–water partition coefficient (Wildman–Crippen LogP) is 4.60. The second kappa shape index (κ2) is 18.9. The van der Waals surface area contributed by atoms with Gasteiger partial charge in [-0.25, -0.2) is 0 Å². The van der Waals surface area contributed by atoms with Crippen molar-refractivity contribution in [2.75, 3.05) is 18.5 Å². The third-order valence-electron chi connectivity index (χ3n) is 2.54. The highest BCUT2D eigenvalue weighted by Crippen LogP contribution is 2.21. The third-order valence-corrected chi connectivity index (χ3v) is 2.82. The minimum atomic E-state index is -0.473. The summed E-state index contributed by atoms with van der Waals surface area (Å²) in [6.45, 7) is 15.4. The van der Waals surface area contributed by atoms with Crippen molar-refractivity contribution in [2.45, 2.75) is 61.8 Å². The molecule has 4 nitrogen and oxygen atoms in total. The van der Waals surface area contributed by atoms with E-state index in [1.165, 1.54) is 0 Å². The molecular weight excluding hydrogens is 384 g/mol. The van der Waals surface area contributed by atoms with Gasteiger partial charge in [-0.3, -0.25) is 9.59 Å². The molecule has 0 aliphatic rings. The van der Waals surface area contributed by atoms with Crippen LogP contribution in [0.25, 0.3) is 0 Å². The van der Waals surface area contributed by atoms with Gasteiger partial charge < -0.3 is 9.47 Å². The highest BCUT2D eigenvalue weighted by atomic mass is 79.9. The van der Waals surface area contributed by atoms with E-state index in [0.29, 0.717) is 19.6 Å². The molecule has 0 aliphatic carbocycles. The van der Waals surface area contributed by atoms with E-state index in [0.717, 1.165) is 5.33 Å². The number of ether oxygens (including phenoxy) is 2. The van der Waals surface area contributed by atoms with Gasteiger partial charge in [-0.1, -0.05) is 35.7 Å². The van der Waals surface area contributed by atoms with Gasteiger partial charge in [0.1, 0.15) is 0 Å². The van der Waals surface area contributed by atoms with Crippen LogP contribution in [0.4, 0.5) is 0 Å². The smallest absolute Gasteiger partial charge is 0.312 e. The maximum Gasteiger partial charge on any atom is 0.312 e. The molecule has 0 heterocycles. The summed E-state index contributed by atoms with van der Waals surface area (Å²) in [6, 6.07) is 0. The Bertz CT molecular complexity index is 473. The molecule has 0 radical (unpaired) electrons. The highest BCUT2D eigenvalue weighted by Gasteiger charge is 2.27. The summed E-state index contributed by atoms with van der Waals surface area (Å²) in [5, 5.41) is 0.795. The summed E-state index contributed by atoms with van der Waals surface area (Å²) in [5.74, 6) is 10.9. The van der Waals surface area contributed by atoms with E-state index in [-0.39, 0.29) is 17.9 Å². The molecule has 0 amide bonds. The van der Waals surface area contributed by atoms with E-state index < -0.39 is 5.41 Å². The monoisotopic (exact) mass is 416 g/mol. The van der Waals surface area contributed by atoms with Crippen molar-refractivity contribution in [1.82, 2.24) is 0 Å². The second-order valence-corrected chi connectivity index (χ2v) is 6.24. The standard InChI is InChI=1S/C10H16O2.C6H12O2.C4H5Br/c1-5-7-8-10(3,4)9(11)12-6-2;1-4-8-6(7)5(2)3;1-2-3-4-5/h6,8H2,1-4H3;5H,4H2,1-3H3;4H2,1H3. The fourth-order valence-electron chi connectivity index (χ4n) is 1.08. The van der Waals surface area contributed by atoms with Crippen LogP contribution in [0, 0.1) is 35.0 Å². The van der Waals surface area contributed by atoms with E-state index >= 15 is 0 Å². The molecule has 0 aliphatic heterocycles.